The van der Waals surface area contributed by atoms with Crippen molar-refractivity contribution in [3.8, 4) is 0 Å². The topological polar surface area (TPSA) is 137 Å². The molecule has 1 aromatic carbocycles. The van der Waals surface area contributed by atoms with E-state index in [0.29, 0.717) is 19.3 Å². The van der Waals surface area contributed by atoms with Crippen LogP contribution in [-0.2, 0) is 20.9 Å². The van der Waals surface area contributed by atoms with Crippen molar-refractivity contribution >= 4 is 17.9 Å². The van der Waals surface area contributed by atoms with Gasteiger partial charge in [0.1, 0.15) is 18.7 Å². The lowest BCUT2D eigenvalue weighted by atomic mass is 9.97. The second-order valence-electron chi connectivity index (χ2n) is 10.6. The highest BCUT2D eigenvalue weighted by Gasteiger charge is 2.30. The standard InChI is InChI=1S/C27H45N3O6/c1-17(2)12-21(24(32)15-31)28-25(33)22(13-18(3)4)29-26(34)23(14-19(5)6)30-27(35)36-16-20-10-8-7-9-11-20/h7-11,17-19,21-24,31-32H,12-16H2,1-6H3,(H,28,33)(H,29,34)(H,30,35)/t21-,22-,23-,24-/m0/s1. The third kappa shape index (κ3) is 12.4. The van der Waals surface area contributed by atoms with Crippen LogP contribution in [0.1, 0.15) is 66.4 Å². The molecule has 1 aromatic rings. The molecule has 3 amide bonds. The fourth-order valence-corrected chi connectivity index (χ4v) is 3.82. The van der Waals surface area contributed by atoms with E-state index in [9.17, 15) is 24.6 Å². The van der Waals surface area contributed by atoms with Gasteiger partial charge in [0.2, 0.25) is 11.8 Å². The molecule has 0 heterocycles. The summed E-state index contributed by atoms with van der Waals surface area (Å²) in [6, 6.07) is 6.83. The van der Waals surface area contributed by atoms with Crippen molar-refractivity contribution in [2.24, 2.45) is 17.8 Å². The minimum atomic E-state index is -1.11. The van der Waals surface area contributed by atoms with E-state index in [1.54, 1.807) is 0 Å². The molecule has 0 saturated heterocycles. The normalized spacial score (nSPS) is 14.8. The number of benzene rings is 1. The van der Waals surface area contributed by atoms with Crippen LogP contribution in [-0.4, -0.2) is 59.0 Å². The molecule has 0 spiro atoms. The predicted molar refractivity (Wildman–Crippen MR) is 139 cm³/mol. The van der Waals surface area contributed by atoms with E-state index in [2.05, 4.69) is 16.0 Å². The van der Waals surface area contributed by atoms with Gasteiger partial charge < -0.3 is 30.9 Å². The fraction of sp³-hybridized carbons (Fsp3) is 0.667. The van der Waals surface area contributed by atoms with Crippen molar-refractivity contribution in [1.29, 1.82) is 0 Å². The molecule has 0 bridgehead atoms. The molecular weight excluding hydrogens is 462 g/mol. The molecule has 36 heavy (non-hydrogen) atoms. The minimum absolute atomic E-state index is 0.0749. The van der Waals surface area contributed by atoms with Crippen molar-refractivity contribution in [2.75, 3.05) is 6.61 Å². The van der Waals surface area contributed by atoms with E-state index in [4.69, 9.17) is 4.74 Å². The maximum atomic E-state index is 13.2. The number of aliphatic hydroxyl groups excluding tert-OH is 2. The molecule has 0 radical (unpaired) electrons. The van der Waals surface area contributed by atoms with Crippen LogP contribution in [0.3, 0.4) is 0 Å². The second kappa shape index (κ2) is 16.2. The van der Waals surface area contributed by atoms with Crippen molar-refractivity contribution < 1.29 is 29.3 Å². The van der Waals surface area contributed by atoms with E-state index in [-0.39, 0.29) is 24.4 Å². The number of ether oxygens (including phenoxy) is 1. The summed E-state index contributed by atoms with van der Waals surface area (Å²) in [5, 5.41) is 27.8. The number of hydrogen-bond donors (Lipinski definition) is 5. The fourth-order valence-electron chi connectivity index (χ4n) is 3.82. The maximum Gasteiger partial charge on any atom is 0.408 e. The maximum absolute atomic E-state index is 13.2. The Morgan fingerprint density at radius 1 is 0.778 bits per heavy atom. The van der Waals surface area contributed by atoms with Gasteiger partial charge in [0.25, 0.3) is 0 Å². The van der Waals surface area contributed by atoms with E-state index in [0.717, 1.165) is 5.56 Å². The average Bonchev–Trinajstić information content (AvgIpc) is 2.80. The summed E-state index contributed by atoms with van der Waals surface area (Å²) in [5.41, 5.74) is 0.826. The van der Waals surface area contributed by atoms with E-state index in [1.807, 2.05) is 71.9 Å². The first-order valence-corrected chi connectivity index (χ1v) is 12.8. The molecule has 0 fully saturated rings. The van der Waals surface area contributed by atoms with Gasteiger partial charge in [0.15, 0.2) is 0 Å². The SMILES string of the molecule is CC(C)C[C@H](NC(=O)OCc1ccccc1)C(=O)N[C@@H](CC(C)C)C(=O)N[C@@H](CC(C)C)[C@@H](O)CO. The van der Waals surface area contributed by atoms with Gasteiger partial charge in [0.05, 0.1) is 18.8 Å². The molecule has 9 nitrogen and oxygen atoms in total. The minimum Gasteiger partial charge on any atom is -0.445 e. The first kappa shape index (κ1) is 31.4. The number of amides is 3. The number of carbonyl (C=O) groups is 3. The average molecular weight is 508 g/mol. The lowest BCUT2D eigenvalue weighted by molar-refractivity contribution is -0.131. The first-order chi connectivity index (χ1) is 16.9. The highest BCUT2D eigenvalue weighted by atomic mass is 16.5. The lowest BCUT2D eigenvalue weighted by Gasteiger charge is -2.29. The van der Waals surface area contributed by atoms with E-state index >= 15 is 0 Å². The van der Waals surface area contributed by atoms with Crippen LogP contribution in [0.2, 0.25) is 0 Å². The van der Waals surface area contributed by atoms with Gasteiger partial charge in [-0.25, -0.2) is 4.79 Å². The monoisotopic (exact) mass is 507 g/mol. The molecule has 4 atom stereocenters. The van der Waals surface area contributed by atoms with Gasteiger partial charge in [-0.15, -0.1) is 0 Å². The zero-order valence-electron chi connectivity index (χ0n) is 22.5. The Bertz CT molecular complexity index is 800. The van der Waals surface area contributed by atoms with Crippen LogP contribution in [0.15, 0.2) is 30.3 Å². The molecule has 0 aliphatic carbocycles. The largest absolute Gasteiger partial charge is 0.445 e. The van der Waals surface area contributed by atoms with Gasteiger partial charge in [0, 0.05) is 0 Å². The van der Waals surface area contributed by atoms with Gasteiger partial charge in [-0.1, -0.05) is 71.9 Å². The van der Waals surface area contributed by atoms with E-state index < -0.39 is 48.7 Å². The summed E-state index contributed by atoms with van der Waals surface area (Å²) >= 11 is 0. The van der Waals surface area contributed by atoms with Crippen LogP contribution in [0.4, 0.5) is 4.79 Å². The molecule has 204 valence electrons. The van der Waals surface area contributed by atoms with E-state index in [1.165, 1.54) is 0 Å². The zero-order chi connectivity index (χ0) is 27.3. The van der Waals surface area contributed by atoms with Gasteiger partial charge >= 0.3 is 6.09 Å². The number of hydrogen-bond acceptors (Lipinski definition) is 6. The van der Waals surface area contributed by atoms with Gasteiger partial charge in [-0.2, -0.15) is 0 Å². The van der Waals surface area contributed by atoms with Gasteiger partial charge in [-0.3, -0.25) is 9.59 Å². The molecule has 0 aliphatic rings. The first-order valence-electron chi connectivity index (χ1n) is 12.8. The van der Waals surface area contributed by atoms with Crippen molar-refractivity contribution in [1.82, 2.24) is 16.0 Å². The number of nitrogens with one attached hydrogen (secondary N) is 3. The van der Waals surface area contributed by atoms with Crippen LogP contribution in [0.5, 0.6) is 0 Å². The summed E-state index contributed by atoms with van der Waals surface area (Å²) in [6.07, 6.45) is -0.620. The molecule has 1 rings (SSSR count). The third-order valence-electron chi connectivity index (χ3n) is 5.57. The number of alkyl carbamates (subject to hydrolysis) is 1. The van der Waals surface area contributed by atoms with Crippen LogP contribution < -0.4 is 16.0 Å². The Balaban J connectivity index is 2.90. The van der Waals surface area contributed by atoms with Crippen molar-refractivity contribution in [3.05, 3.63) is 35.9 Å². The van der Waals surface area contributed by atoms with Crippen LogP contribution >= 0.6 is 0 Å². The summed E-state index contributed by atoms with van der Waals surface area (Å²) in [7, 11) is 0. The number of rotatable bonds is 15. The van der Waals surface area contributed by atoms with Crippen LogP contribution in [0.25, 0.3) is 0 Å². The predicted octanol–water partition coefficient (Wildman–Crippen LogP) is 2.74. The molecule has 0 aliphatic heterocycles. The van der Waals surface area contributed by atoms with Crippen LogP contribution in [0, 0.1) is 17.8 Å². The second-order valence-corrected chi connectivity index (χ2v) is 10.6. The Kier molecular flexibility index (Phi) is 14.1. The molecular formula is C27H45N3O6. The Hall–Kier alpha value is -2.65. The molecule has 5 N–H and O–H groups in total. The Morgan fingerprint density at radius 2 is 1.28 bits per heavy atom. The lowest BCUT2D eigenvalue weighted by Crippen LogP contribution is -2.57. The quantitative estimate of drug-likeness (QED) is 0.248. The zero-order valence-corrected chi connectivity index (χ0v) is 22.5. The molecule has 0 saturated carbocycles. The summed E-state index contributed by atoms with van der Waals surface area (Å²) in [4.78, 5) is 38.7. The molecule has 9 heteroatoms. The van der Waals surface area contributed by atoms with Gasteiger partial charge in [-0.05, 0) is 42.6 Å². The molecule has 0 aromatic heterocycles. The third-order valence-corrected chi connectivity index (χ3v) is 5.57. The van der Waals surface area contributed by atoms with Crippen molar-refractivity contribution in [2.45, 2.75) is 91.6 Å². The Morgan fingerprint density at radius 3 is 1.78 bits per heavy atom. The molecule has 0 unspecified atom stereocenters. The number of aliphatic hydroxyl groups is 2. The highest BCUT2D eigenvalue weighted by Crippen LogP contribution is 2.12. The summed E-state index contributed by atoms with van der Waals surface area (Å²) < 4.78 is 5.27. The summed E-state index contributed by atoms with van der Waals surface area (Å²) in [5.74, 6) is -0.548. The number of carbonyl (C=O) groups excluding carboxylic acids is 3. The smallest absolute Gasteiger partial charge is 0.408 e. The highest BCUT2D eigenvalue weighted by molar-refractivity contribution is 5.91. The Labute approximate surface area is 215 Å². The summed E-state index contributed by atoms with van der Waals surface area (Å²) in [6.45, 7) is 11.2. The van der Waals surface area contributed by atoms with Crippen molar-refractivity contribution in [3.63, 3.8) is 0 Å².